The standard InChI is InChI=1S/C13H19FN2O/c1-4-16(5-2)13(17)15-9-11-6-7-12(14)10(3)8-11/h6-8H,4-5,9H2,1-3H3,(H,15,17). The molecule has 1 N–H and O–H groups in total. The first-order valence-corrected chi connectivity index (χ1v) is 5.86. The van der Waals surface area contributed by atoms with Crippen LogP contribution >= 0.6 is 0 Å². The smallest absolute Gasteiger partial charge is 0.317 e. The fourth-order valence-corrected chi connectivity index (χ4v) is 1.62. The molecule has 0 saturated carbocycles. The molecule has 0 aliphatic rings. The summed E-state index contributed by atoms with van der Waals surface area (Å²) in [5, 5.41) is 2.81. The van der Waals surface area contributed by atoms with Crippen LogP contribution in [0.2, 0.25) is 0 Å². The molecule has 1 aromatic rings. The zero-order valence-corrected chi connectivity index (χ0v) is 10.6. The van der Waals surface area contributed by atoms with Crippen molar-refractivity contribution in [3.05, 3.63) is 35.1 Å². The highest BCUT2D eigenvalue weighted by Crippen LogP contribution is 2.08. The lowest BCUT2D eigenvalue weighted by Crippen LogP contribution is -2.39. The van der Waals surface area contributed by atoms with E-state index in [-0.39, 0.29) is 11.8 Å². The van der Waals surface area contributed by atoms with E-state index >= 15 is 0 Å². The second kappa shape index (κ2) is 6.23. The summed E-state index contributed by atoms with van der Waals surface area (Å²) in [6.07, 6.45) is 0. The summed E-state index contributed by atoms with van der Waals surface area (Å²) in [7, 11) is 0. The van der Waals surface area contributed by atoms with Gasteiger partial charge in [0.1, 0.15) is 5.82 Å². The first-order valence-electron chi connectivity index (χ1n) is 5.86. The first-order chi connectivity index (χ1) is 8.08. The SMILES string of the molecule is CCN(CC)C(=O)NCc1ccc(F)c(C)c1. The summed E-state index contributed by atoms with van der Waals surface area (Å²) in [6.45, 7) is 7.38. The second-order valence-electron chi connectivity index (χ2n) is 3.91. The van der Waals surface area contributed by atoms with Gasteiger partial charge in [-0.25, -0.2) is 9.18 Å². The van der Waals surface area contributed by atoms with Crippen molar-refractivity contribution in [2.24, 2.45) is 0 Å². The number of urea groups is 1. The number of halogens is 1. The highest BCUT2D eigenvalue weighted by molar-refractivity contribution is 5.74. The largest absolute Gasteiger partial charge is 0.334 e. The molecule has 0 saturated heterocycles. The van der Waals surface area contributed by atoms with Gasteiger partial charge in [-0.3, -0.25) is 0 Å². The molecule has 0 aliphatic heterocycles. The predicted octanol–water partition coefficient (Wildman–Crippen LogP) is 2.69. The lowest BCUT2D eigenvalue weighted by atomic mass is 10.1. The van der Waals surface area contributed by atoms with Crippen molar-refractivity contribution >= 4 is 6.03 Å². The number of benzene rings is 1. The molecule has 17 heavy (non-hydrogen) atoms. The van der Waals surface area contributed by atoms with Crippen molar-refractivity contribution in [3.8, 4) is 0 Å². The van der Waals surface area contributed by atoms with Gasteiger partial charge in [0.15, 0.2) is 0 Å². The number of rotatable bonds is 4. The van der Waals surface area contributed by atoms with Gasteiger partial charge >= 0.3 is 6.03 Å². The number of carbonyl (C=O) groups is 1. The summed E-state index contributed by atoms with van der Waals surface area (Å²) in [5.41, 5.74) is 1.50. The predicted molar refractivity (Wildman–Crippen MR) is 66.3 cm³/mol. The molecule has 0 aromatic heterocycles. The minimum absolute atomic E-state index is 0.0861. The Balaban J connectivity index is 2.55. The van der Waals surface area contributed by atoms with E-state index in [1.54, 1.807) is 24.0 Å². The fraction of sp³-hybridized carbons (Fsp3) is 0.462. The maximum Gasteiger partial charge on any atom is 0.317 e. The summed E-state index contributed by atoms with van der Waals surface area (Å²) >= 11 is 0. The van der Waals surface area contributed by atoms with Crippen LogP contribution in [-0.4, -0.2) is 24.0 Å². The summed E-state index contributed by atoms with van der Waals surface area (Å²) in [6, 6.07) is 4.77. The number of aryl methyl sites for hydroxylation is 1. The maximum absolute atomic E-state index is 13.0. The minimum atomic E-state index is -0.219. The van der Waals surface area contributed by atoms with E-state index in [4.69, 9.17) is 0 Å². The average Bonchev–Trinajstić information content (AvgIpc) is 2.32. The number of carbonyl (C=O) groups excluding carboxylic acids is 1. The summed E-state index contributed by atoms with van der Waals surface area (Å²) in [5.74, 6) is -0.219. The highest BCUT2D eigenvalue weighted by atomic mass is 19.1. The normalized spacial score (nSPS) is 10.1. The molecule has 4 heteroatoms. The molecular weight excluding hydrogens is 219 g/mol. The third kappa shape index (κ3) is 3.73. The Morgan fingerprint density at radius 1 is 1.35 bits per heavy atom. The van der Waals surface area contributed by atoms with Crippen LogP contribution in [0.3, 0.4) is 0 Å². The Hall–Kier alpha value is -1.58. The number of hydrogen-bond donors (Lipinski definition) is 1. The van der Waals surface area contributed by atoms with Crippen LogP contribution in [0.15, 0.2) is 18.2 Å². The fourth-order valence-electron chi connectivity index (χ4n) is 1.62. The summed E-state index contributed by atoms with van der Waals surface area (Å²) < 4.78 is 13.0. The quantitative estimate of drug-likeness (QED) is 0.859. The molecule has 3 nitrogen and oxygen atoms in total. The lowest BCUT2D eigenvalue weighted by molar-refractivity contribution is 0.203. The van der Waals surface area contributed by atoms with E-state index in [0.29, 0.717) is 25.2 Å². The van der Waals surface area contributed by atoms with Crippen LogP contribution in [0.4, 0.5) is 9.18 Å². The van der Waals surface area contributed by atoms with Crippen molar-refractivity contribution in [1.29, 1.82) is 0 Å². The Kier molecular flexibility index (Phi) is 4.94. The molecule has 94 valence electrons. The number of hydrogen-bond acceptors (Lipinski definition) is 1. The van der Waals surface area contributed by atoms with Gasteiger partial charge in [0.2, 0.25) is 0 Å². The second-order valence-corrected chi connectivity index (χ2v) is 3.91. The molecule has 0 fully saturated rings. The van der Waals surface area contributed by atoms with Gasteiger partial charge in [-0.15, -0.1) is 0 Å². The summed E-state index contributed by atoms with van der Waals surface area (Å²) in [4.78, 5) is 13.4. The van der Waals surface area contributed by atoms with Gasteiger partial charge in [0, 0.05) is 19.6 Å². The molecule has 0 bridgehead atoms. The molecule has 0 heterocycles. The van der Waals surface area contributed by atoms with Gasteiger partial charge < -0.3 is 10.2 Å². The van der Waals surface area contributed by atoms with Crippen LogP contribution in [0.5, 0.6) is 0 Å². The van der Waals surface area contributed by atoms with Gasteiger partial charge in [-0.05, 0) is 38.0 Å². The molecular formula is C13H19FN2O. The molecule has 0 unspecified atom stereocenters. The van der Waals surface area contributed by atoms with Crippen LogP contribution in [0.1, 0.15) is 25.0 Å². The number of nitrogens with one attached hydrogen (secondary N) is 1. The van der Waals surface area contributed by atoms with E-state index in [9.17, 15) is 9.18 Å². The van der Waals surface area contributed by atoms with E-state index in [0.717, 1.165) is 5.56 Å². The molecule has 0 atom stereocenters. The Morgan fingerprint density at radius 2 is 2.00 bits per heavy atom. The maximum atomic E-state index is 13.0. The zero-order valence-electron chi connectivity index (χ0n) is 10.6. The van der Waals surface area contributed by atoms with Crippen LogP contribution in [0, 0.1) is 12.7 Å². The van der Waals surface area contributed by atoms with E-state index in [2.05, 4.69) is 5.32 Å². The average molecular weight is 238 g/mol. The van der Waals surface area contributed by atoms with Crippen molar-refractivity contribution in [2.75, 3.05) is 13.1 Å². The molecule has 2 amide bonds. The van der Waals surface area contributed by atoms with Crippen LogP contribution < -0.4 is 5.32 Å². The first kappa shape index (κ1) is 13.5. The van der Waals surface area contributed by atoms with Crippen molar-refractivity contribution in [1.82, 2.24) is 10.2 Å². The lowest BCUT2D eigenvalue weighted by Gasteiger charge is -2.19. The van der Waals surface area contributed by atoms with Crippen molar-refractivity contribution < 1.29 is 9.18 Å². The number of nitrogens with zero attached hydrogens (tertiary/aromatic N) is 1. The molecule has 0 spiro atoms. The van der Waals surface area contributed by atoms with Crippen LogP contribution in [0.25, 0.3) is 0 Å². The van der Waals surface area contributed by atoms with E-state index < -0.39 is 0 Å². The van der Waals surface area contributed by atoms with Gasteiger partial charge in [0.25, 0.3) is 0 Å². The third-order valence-electron chi connectivity index (χ3n) is 2.72. The Morgan fingerprint density at radius 3 is 2.53 bits per heavy atom. The zero-order chi connectivity index (χ0) is 12.8. The Bertz CT molecular complexity index is 389. The molecule has 1 aromatic carbocycles. The molecule has 0 radical (unpaired) electrons. The van der Waals surface area contributed by atoms with Crippen molar-refractivity contribution in [2.45, 2.75) is 27.3 Å². The minimum Gasteiger partial charge on any atom is -0.334 e. The topological polar surface area (TPSA) is 32.3 Å². The van der Waals surface area contributed by atoms with Gasteiger partial charge in [-0.1, -0.05) is 12.1 Å². The van der Waals surface area contributed by atoms with Gasteiger partial charge in [0.05, 0.1) is 0 Å². The van der Waals surface area contributed by atoms with E-state index in [1.807, 2.05) is 13.8 Å². The molecule has 1 rings (SSSR count). The monoisotopic (exact) mass is 238 g/mol. The van der Waals surface area contributed by atoms with Crippen molar-refractivity contribution in [3.63, 3.8) is 0 Å². The number of amides is 2. The van der Waals surface area contributed by atoms with E-state index in [1.165, 1.54) is 6.07 Å². The van der Waals surface area contributed by atoms with Crippen LogP contribution in [-0.2, 0) is 6.54 Å². The Labute approximate surface area is 102 Å². The third-order valence-corrected chi connectivity index (χ3v) is 2.72. The molecule has 0 aliphatic carbocycles. The van der Waals surface area contributed by atoms with Gasteiger partial charge in [-0.2, -0.15) is 0 Å². The highest BCUT2D eigenvalue weighted by Gasteiger charge is 2.08.